The standard InChI is InChI=1S/C19H25N3O5/c23-16(20-12-13-6-2-1-3-7-13)10-11-17(24)21-22-18(25)14-8-4-5-9-15(14)19(26)27/h1-3,6-7,14-15H,4-5,8-12H2,(H,20,23)(H,21,24)(H,22,25)(H,26,27)/t14-,15-/m1/s1. The maximum absolute atomic E-state index is 12.1. The summed E-state index contributed by atoms with van der Waals surface area (Å²) < 4.78 is 0. The average molecular weight is 375 g/mol. The van der Waals surface area contributed by atoms with E-state index in [-0.39, 0.29) is 18.7 Å². The van der Waals surface area contributed by atoms with Gasteiger partial charge in [0.2, 0.25) is 17.7 Å². The van der Waals surface area contributed by atoms with Gasteiger partial charge in [-0.2, -0.15) is 0 Å². The van der Waals surface area contributed by atoms with Crippen LogP contribution >= 0.6 is 0 Å². The Morgan fingerprint density at radius 1 is 0.889 bits per heavy atom. The number of nitrogens with one attached hydrogen (secondary N) is 3. The molecule has 8 nitrogen and oxygen atoms in total. The molecule has 0 spiro atoms. The minimum atomic E-state index is -0.990. The minimum Gasteiger partial charge on any atom is -0.481 e. The summed E-state index contributed by atoms with van der Waals surface area (Å²) in [5.41, 5.74) is 5.50. The number of hydrazine groups is 1. The number of amides is 3. The molecule has 0 heterocycles. The third-order valence-corrected chi connectivity index (χ3v) is 4.66. The second kappa shape index (κ2) is 10.3. The van der Waals surface area contributed by atoms with E-state index in [2.05, 4.69) is 16.2 Å². The lowest BCUT2D eigenvalue weighted by atomic mass is 9.79. The number of hydrogen-bond acceptors (Lipinski definition) is 4. The van der Waals surface area contributed by atoms with E-state index < -0.39 is 29.6 Å². The van der Waals surface area contributed by atoms with Gasteiger partial charge in [0.1, 0.15) is 0 Å². The molecule has 3 amide bonds. The Balaban J connectivity index is 1.67. The fourth-order valence-electron chi connectivity index (χ4n) is 3.14. The predicted octanol–water partition coefficient (Wildman–Crippen LogP) is 1.12. The fourth-order valence-corrected chi connectivity index (χ4v) is 3.14. The van der Waals surface area contributed by atoms with Gasteiger partial charge in [-0.25, -0.2) is 0 Å². The topological polar surface area (TPSA) is 125 Å². The maximum Gasteiger partial charge on any atom is 0.307 e. The van der Waals surface area contributed by atoms with Crippen LogP contribution in [-0.2, 0) is 25.7 Å². The molecule has 2 rings (SSSR count). The summed E-state index contributed by atoms with van der Waals surface area (Å²) in [7, 11) is 0. The third-order valence-electron chi connectivity index (χ3n) is 4.66. The lowest BCUT2D eigenvalue weighted by molar-refractivity contribution is -0.149. The van der Waals surface area contributed by atoms with Crippen molar-refractivity contribution in [2.75, 3.05) is 0 Å². The molecule has 0 bridgehead atoms. The van der Waals surface area contributed by atoms with Gasteiger partial charge in [0.25, 0.3) is 0 Å². The Morgan fingerprint density at radius 2 is 1.52 bits per heavy atom. The van der Waals surface area contributed by atoms with E-state index in [9.17, 15) is 24.3 Å². The van der Waals surface area contributed by atoms with Gasteiger partial charge in [-0.3, -0.25) is 30.0 Å². The van der Waals surface area contributed by atoms with Gasteiger partial charge in [0.05, 0.1) is 11.8 Å². The normalized spacial score (nSPS) is 19.0. The van der Waals surface area contributed by atoms with Crippen molar-refractivity contribution >= 4 is 23.7 Å². The lowest BCUT2D eigenvalue weighted by Crippen LogP contribution is -2.48. The minimum absolute atomic E-state index is 0.00425. The van der Waals surface area contributed by atoms with Crippen molar-refractivity contribution in [2.24, 2.45) is 11.8 Å². The highest BCUT2D eigenvalue weighted by Gasteiger charge is 2.35. The van der Waals surface area contributed by atoms with Crippen molar-refractivity contribution in [3.63, 3.8) is 0 Å². The maximum atomic E-state index is 12.1. The van der Waals surface area contributed by atoms with Crippen LogP contribution in [-0.4, -0.2) is 28.8 Å². The van der Waals surface area contributed by atoms with E-state index in [0.29, 0.717) is 19.4 Å². The molecule has 0 saturated heterocycles. The summed E-state index contributed by atoms with van der Waals surface area (Å²) >= 11 is 0. The van der Waals surface area contributed by atoms with Crippen molar-refractivity contribution in [3.8, 4) is 0 Å². The Labute approximate surface area is 157 Å². The average Bonchev–Trinajstić information content (AvgIpc) is 2.69. The number of benzene rings is 1. The molecule has 1 fully saturated rings. The highest BCUT2D eigenvalue weighted by molar-refractivity contribution is 5.88. The molecule has 1 aliphatic carbocycles. The van der Waals surface area contributed by atoms with Crippen molar-refractivity contribution < 1.29 is 24.3 Å². The van der Waals surface area contributed by atoms with Crippen LogP contribution in [0.5, 0.6) is 0 Å². The molecule has 4 N–H and O–H groups in total. The number of carboxylic acid groups (broad SMARTS) is 1. The summed E-state index contributed by atoms with van der Waals surface area (Å²) in [6.45, 7) is 0.385. The highest BCUT2D eigenvalue weighted by Crippen LogP contribution is 2.30. The van der Waals surface area contributed by atoms with E-state index in [0.717, 1.165) is 18.4 Å². The van der Waals surface area contributed by atoms with Crippen LogP contribution in [0.15, 0.2) is 30.3 Å². The molecule has 0 aromatic heterocycles. The fraction of sp³-hybridized carbons (Fsp3) is 0.474. The van der Waals surface area contributed by atoms with Crippen molar-refractivity contribution in [1.29, 1.82) is 0 Å². The van der Waals surface area contributed by atoms with Gasteiger partial charge in [-0.15, -0.1) is 0 Å². The van der Waals surface area contributed by atoms with Crippen LogP contribution in [0.25, 0.3) is 0 Å². The highest BCUT2D eigenvalue weighted by atomic mass is 16.4. The molecular weight excluding hydrogens is 350 g/mol. The van der Waals surface area contributed by atoms with Gasteiger partial charge in [-0.05, 0) is 18.4 Å². The zero-order chi connectivity index (χ0) is 19.6. The number of hydrogen-bond donors (Lipinski definition) is 4. The first-order valence-corrected chi connectivity index (χ1v) is 9.09. The quantitative estimate of drug-likeness (QED) is 0.532. The molecule has 0 radical (unpaired) electrons. The Hall–Kier alpha value is -2.90. The molecule has 146 valence electrons. The Kier molecular flexibility index (Phi) is 7.79. The first-order chi connectivity index (χ1) is 13.0. The molecule has 8 heteroatoms. The molecule has 27 heavy (non-hydrogen) atoms. The largest absolute Gasteiger partial charge is 0.481 e. The molecule has 0 aliphatic heterocycles. The molecular formula is C19H25N3O5. The summed E-state index contributed by atoms with van der Waals surface area (Å²) in [6.07, 6.45) is 2.44. The zero-order valence-corrected chi connectivity index (χ0v) is 15.1. The molecule has 2 atom stereocenters. The zero-order valence-electron chi connectivity index (χ0n) is 15.1. The van der Waals surface area contributed by atoms with Gasteiger partial charge in [-0.1, -0.05) is 43.2 Å². The smallest absolute Gasteiger partial charge is 0.307 e. The van der Waals surface area contributed by atoms with E-state index in [1.165, 1.54) is 0 Å². The summed E-state index contributed by atoms with van der Waals surface area (Å²) in [5, 5.41) is 11.9. The molecule has 1 aromatic rings. The van der Waals surface area contributed by atoms with Crippen molar-refractivity contribution in [2.45, 2.75) is 45.1 Å². The van der Waals surface area contributed by atoms with E-state index in [1.54, 1.807) is 0 Å². The predicted molar refractivity (Wildman–Crippen MR) is 96.9 cm³/mol. The van der Waals surface area contributed by atoms with E-state index >= 15 is 0 Å². The van der Waals surface area contributed by atoms with Crippen LogP contribution < -0.4 is 16.2 Å². The number of rotatable bonds is 7. The second-order valence-corrected chi connectivity index (χ2v) is 6.64. The van der Waals surface area contributed by atoms with E-state index in [4.69, 9.17) is 0 Å². The Morgan fingerprint density at radius 3 is 2.19 bits per heavy atom. The number of aliphatic carboxylic acids is 1. The van der Waals surface area contributed by atoms with Crippen molar-refractivity contribution in [3.05, 3.63) is 35.9 Å². The molecule has 1 aromatic carbocycles. The monoisotopic (exact) mass is 375 g/mol. The lowest BCUT2D eigenvalue weighted by Gasteiger charge is -2.27. The van der Waals surface area contributed by atoms with Crippen LogP contribution in [0.1, 0.15) is 44.1 Å². The van der Waals surface area contributed by atoms with Gasteiger partial charge in [0.15, 0.2) is 0 Å². The summed E-state index contributed by atoms with van der Waals surface area (Å²) in [4.78, 5) is 47.0. The number of carbonyl (C=O) groups excluding carboxylic acids is 3. The van der Waals surface area contributed by atoms with Crippen LogP contribution in [0.4, 0.5) is 0 Å². The second-order valence-electron chi connectivity index (χ2n) is 6.64. The van der Waals surface area contributed by atoms with Crippen LogP contribution in [0.3, 0.4) is 0 Å². The van der Waals surface area contributed by atoms with Crippen LogP contribution in [0, 0.1) is 11.8 Å². The molecule has 1 aliphatic rings. The first-order valence-electron chi connectivity index (χ1n) is 9.09. The summed E-state index contributed by atoms with van der Waals surface area (Å²) in [6, 6.07) is 9.41. The Bertz CT molecular complexity index is 677. The molecule has 0 unspecified atom stereocenters. The SMILES string of the molecule is O=C(CCC(=O)NNC(=O)[C@@H]1CCCC[C@H]1C(=O)O)NCc1ccccc1. The molecule has 1 saturated carbocycles. The van der Waals surface area contributed by atoms with Crippen LogP contribution in [0.2, 0.25) is 0 Å². The number of carboxylic acids is 1. The van der Waals surface area contributed by atoms with Gasteiger partial charge in [0, 0.05) is 19.4 Å². The van der Waals surface area contributed by atoms with E-state index in [1.807, 2.05) is 30.3 Å². The first kappa shape index (κ1) is 20.4. The van der Waals surface area contributed by atoms with Gasteiger partial charge < -0.3 is 10.4 Å². The summed E-state index contributed by atoms with van der Waals surface area (Å²) in [5.74, 6) is -3.62. The third kappa shape index (κ3) is 6.73. The van der Waals surface area contributed by atoms with Gasteiger partial charge >= 0.3 is 5.97 Å². The van der Waals surface area contributed by atoms with Crippen molar-refractivity contribution in [1.82, 2.24) is 16.2 Å². The number of carbonyl (C=O) groups is 4.